The molecule has 0 aliphatic carbocycles. The minimum Gasteiger partial charge on any atom is -0.306 e. The van der Waals surface area contributed by atoms with Gasteiger partial charge in [0.2, 0.25) is 0 Å². The number of hydrogen-bond acceptors (Lipinski definition) is 3. The molecule has 0 spiro atoms. The summed E-state index contributed by atoms with van der Waals surface area (Å²) >= 11 is 0. The number of pyridine rings is 1. The lowest BCUT2D eigenvalue weighted by Crippen LogP contribution is -2.15. The topological polar surface area (TPSA) is 42.2 Å². The summed E-state index contributed by atoms with van der Waals surface area (Å²) in [7, 11) is 0. The lowest BCUT2D eigenvalue weighted by molar-refractivity contribution is 0.573. The number of hydrogen-bond donors (Lipinski definition) is 1. The fourth-order valence-electron chi connectivity index (χ4n) is 2.04. The zero-order valence-electron chi connectivity index (χ0n) is 10.6. The van der Waals surface area contributed by atoms with Gasteiger partial charge in [-0.15, -0.1) is 10.2 Å². The Bertz CT molecular complexity index is 719. The van der Waals surface area contributed by atoms with Crippen LogP contribution >= 0.6 is 0 Å². The van der Waals surface area contributed by atoms with E-state index in [4.69, 9.17) is 0 Å². The number of nitrogens with one attached hydrogen (secondary N) is 1. The Morgan fingerprint density at radius 3 is 2.60 bits per heavy atom. The Hall–Kier alpha value is -2.34. The molecule has 102 valence electrons. The van der Waals surface area contributed by atoms with Crippen molar-refractivity contribution in [3.05, 3.63) is 65.6 Å². The first-order valence-corrected chi connectivity index (χ1v) is 6.17. The molecule has 0 bridgehead atoms. The van der Waals surface area contributed by atoms with Gasteiger partial charge in [-0.25, -0.2) is 8.78 Å². The van der Waals surface area contributed by atoms with Gasteiger partial charge in [0.05, 0.1) is 6.54 Å². The number of benzene rings is 1. The fourth-order valence-corrected chi connectivity index (χ4v) is 2.04. The summed E-state index contributed by atoms with van der Waals surface area (Å²) in [5, 5.41) is 11.2. The van der Waals surface area contributed by atoms with Crippen molar-refractivity contribution in [1.29, 1.82) is 0 Å². The minimum atomic E-state index is -0.574. The second-order valence-electron chi connectivity index (χ2n) is 4.43. The standard InChI is InChI=1S/C14H12F2N4/c15-11-5-10(6-12(16)7-11)8-17-9-14-19-18-13-3-1-2-4-20(13)14/h1-7,17H,8-9H2. The molecule has 0 saturated carbocycles. The van der Waals surface area contributed by atoms with E-state index in [9.17, 15) is 8.78 Å². The van der Waals surface area contributed by atoms with Crippen molar-refractivity contribution < 1.29 is 8.78 Å². The zero-order valence-corrected chi connectivity index (χ0v) is 10.6. The molecule has 0 aliphatic heterocycles. The van der Waals surface area contributed by atoms with Crippen LogP contribution in [0.1, 0.15) is 11.4 Å². The molecule has 4 nitrogen and oxygen atoms in total. The first-order chi connectivity index (χ1) is 9.72. The van der Waals surface area contributed by atoms with Crippen molar-refractivity contribution in [1.82, 2.24) is 19.9 Å². The number of rotatable bonds is 4. The molecule has 0 saturated heterocycles. The molecule has 2 heterocycles. The highest BCUT2D eigenvalue weighted by atomic mass is 19.1. The summed E-state index contributed by atoms with van der Waals surface area (Å²) in [6.45, 7) is 0.819. The summed E-state index contributed by atoms with van der Waals surface area (Å²) in [5.74, 6) is -0.401. The third kappa shape index (κ3) is 2.65. The van der Waals surface area contributed by atoms with Gasteiger partial charge in [0.25, 0.3) is 0 Å². The number of fused-ring (bicyclic) bond motifs is 1. The van der Waals surface area contributed by atoms with Crippen LogP contribution < -0.4 is 5.32 Å². The van der Waals surface area contributed by atoms with E-state index >= 15 is 0 Å². The Morgan fingerprint density at radius 2 is 1.80 bits per heavy atom. The highest BCUT2D eigenvalue weighted by Crippen LogP contribution is 2.08. The molecule has 3 aromatic rings. The number of halogens is 2. The average molecular weight is 274 g/mol. The lowest BCUT2D eigenvalue weighted by Gasteiger charge is -2.04. The minimum absolute atomic E-state index is 0.358. The number of nitrogens with zero attached hydrogens (tertiary/aromatic N) is 3. The van der Waals surface area contributed by atoms with Crippen LogP contribution in [-0.2, 0) is 13.1 Å². The smallest absolute Gasteiger partial charge is 0.160 e. The zero-order chi connectivity index (χ0) is 13.9. The number of aromatic nitrogens is 3. The van der Waals surface area contributed by atoms with Crippen molar-refractivity contribution in [2.75, 3.05) is 0 Å². The van der Waals surface area contributed by atoms with Crippen LogP contribution in [0.5, 0.6) is 0 Å². The summed E-state index contributed by atoms with van der Waals surface area (Å²) in [4.78, 5) is 0. The molecule has 20 heavy (non-hydrogen) atoms. The van der Waals surface area contributed by atoms with E-state index in [0.29, 0.717) is 18.7 Å². The average Bonchev–Trinajstić information content (AvgIpc) is 2.81. The van der Waals surface area contributed by atoms with E-state index in [1.165, 1.54) is 12.1 Å². The van der Waals surface area contributed by atoms with Gasteiger partial charge in [0.15, 0.2) is 11.5 Å². The Balaban J connectivity index is 1.68. The maximum Gasteiger partial charge on any atom is 0.160 e. The largest absolute Gasteiger partial charge is 0.306 e. The van der Waals surface area contributed by atoms with Gasteiger partial charge in [-0.2, -0.15) is 0 Å². The van der Waals surface area contributed by atoms with E-state index in [-0.39, 0.29) is 0 Å². The van der Waals surface area contributed by atoms with Crippen LogP contribution in [0.3, 0.4) is 0 Å². The Labute approximate surface area is 114 Å². The molecule has 0 radical (unpaired) electrons. The van der Waals surface area contributed by atoms with Gasteiger partial charge >= 0.3 is 0 Å². The SMILES string of the molecule is Fc1cc(F)cc(CNCc2nnc3ccccn23)c1. The second kappa shape index (κ2) is 5.34. The second-order valence-corrected chi connectivity index (χ2v) is 4.43. The summed E-state index contributed by atoms with van der Waals surface area (Å²) in [6.07, 6.45) is 1.87. The van der Waals surface area contributed by atoms with Crippen LogP contribution in [0.4, 0.5) is 8.78 Å². The van der Waals surface area contributed by atoms with E-state index in [2.05, 4.69) is 15.5 Å². The Morgan fingerprint density at radius 1 is 1.00 bits per heavy atom. The normalized spacial score (nSPS) is 11.1. The molecule has 0 atom stereocenters. The highest BCUT2D eigenvalue weighted by Gasteiger charge is 2.04. The maximum atomic E-state index is 13.0. The van der Waals surface area contributed by atoms with Gasteiger partial charge in [-0.05, 0) is 29.8 Å². The van der Waals surface area contributed by atoms with Crippen molar-refractivity contribution in [2.24, 2.45) is 0 Å². The lowest BCUT2D eigenvalue weighted by atomic mass is 10.2. The molecule has 1 aromatic carbocycles. The summed E-state index contributed by atoms with van der Waals surface area (Å²) in [5.41, 5.74) is 1.32. The van der Waals surface area contributed by atoms with Crippen LogP contribution in [0.2, 0.25) is 0 Å². The maximum absolute atomic E-state index is 13.0. The molecule has 3 rings (SSSR count). The molecular weight excluding hydrogens is 262 g/mol. The monoisotopic (exact) mass is 274 g/mol. The van der Waals surface area contributed by atoms with Gasteiger partial charge in [0.1, 0.15) is 11.6 Å². The Kier molecular flexibility index (Phi) is 3.39. The van der Waals surface area contributed by atoms with Gasteiger partial charge in [0, 0.05) is 18.8 Å². The third-order valence-electron chi connectivity index (χ3n) is 2.92. The summed E-state index contributed by atoms with van der Waals surface area (Å²) in [6, 6.07) is 9.10. The van der Waals surface area contributed by atoms with Crippen molar-refractivity contribution in [3.8, 4) is 0 Å². The van der Waals surface area contributed by atoms with Gasteiger partial charge in [-0.1, -0.05) is 6.07 Å². The van der Waals surface area contributed by atoms with E-state index in [1.54, 1.807) is 0 Å². The first kappa shape index (κ1) is 12.7. The molecule has 6 heteroatoms. The van der Waals surface area contributed by atoms with Crippen LogP contribution in [0.15, 0.2) is 42.6 Å². The molecule has 0 amide bonds. The molecule has 1 N–H and O–H groups in total. The van der Waals surface area contributed by atoms with Crippen molar-refractivity contribution >= 4 is 5.65 Å². The summed E-state index contributed by atoms with van der Waals surface area (Å²) < 4.78 is 27.9. The quantitative estimate of drug-likeness (QED) is 0.793. The molecular formula is C14H12F2N4. The van der Waals surface area contributed by atoms with E-state index in [0.717, 1.165) is 17.5 Å². The molecule has 0 unspecified atom stereocenters. The first-order valence-electron chi connectivity index (χ1n) is 6.17. The highest BCUT2D eigenvalue weighted by molar-refractivity contribution is 5.36. The molecule has 0 fully saturated rings. The third-order valence-corrected chi connectivity index (χ3v) is 2.92. The molecule has 2 aromatic heterocycles. The van der Waals surface area contributed by atoms with E-state index in [1.807, 2.05) is 28.8 Å². The fraction of sp³-hybridized carbons (Fsp3) is 0.143. The molecule has 0 aliphatic rings. The van der Waals surface area contributed by atoms with E-state index < -0.39 is 11.6 Å². The van der Waals surface area contributed by atoms with Crippen LogP contribution in [0, 0.1) is 11.6 Å². The van der Waals surface area contributed by atoms with Crippen molar-refractivity contribution in [2.45, 2.75) is 13.1 Å². The predicted molar refractivity (Wildman–Crippen MR) is 69.9 cm³/mol. The van der Waals surface area contributed by atoms with Gasteiger partial charge < -0.3 is 5.32 Å². The van der Waals surface area contributed by atoms with Gasteiger partial charge in [-0.3, -0.25) is 4.40 Å². The predicted octanol–water partition coefficient (Wildman–Crippen LogP) is 2.30. The van der Waals surface area contributed by atoms with Crippen LogP contribution in [0.25, 0.3) is 5.65 Å². The van der Waals surface area contributed by atoms with Crippen molar-refractivity contribution in [3.63, 3.8) is 0 Å². The van der Waals surface area contributed by atoms with Crippen LogP contribution in [-0.4, -0.2) is 14.6 Å².